The molecule has 3 aromatic rings. The Hall–Kier alpha value is -3.18. The largest absolute Gasteiger partial charge is 0.362 e. The van der Waals surface area contributed by atoms with Gasteiger partial charge in [-0.1, -0.05) is 66.7 Å². The summed E-state index contributed by atoms with van der Waals surface area (Å²) in [6, 6.07) is 21.5. The maximum absolute atomic E-state index is 14.7. The predicted molar refractivity (Wildman–Crippen MR) is 132 cm³/mol. The second-order valence-corrected chi connectivity index (χ2v) is 10.3. The average Bonchev–Trinajstić information content (AvgIpc) is 3.66. The van der Waals surface area contributed by atoms with Gasteiger partial charge in [0.1, 0.15) is 17.7 Å². The highest BCUT2D eigenvalue weighted by molar-refractivity contribution is 5.57. The molecule has 0 radical (unpaired) electrons. The normalized spacial score (nSPS) is 37.3. The van der Waals surface area contributed by atoms with Crippen LogP contribution >= 0.6 is 0 Å². The van der Waals surface area contributed by atoms with Gasteiger partial charge in [-0.15, -0.1) is 0 Å². The molecule has 6 atom stereocenters. The molecule has 0 saturated carbocycles. The van der Waals surface area contributed by atoms with E-state index in [0.29, 0.717) is 16.9 Å². The lowest BCUT2D eigenvalue weighted by Gasteiger charge is -2.45. The van der Waals surface area contributed by atoms with Gasteiger partial charge in [-0.05, 0) is 29.8 Å². The molecule has 198 valence electrons. The third-order valence-corrected chi connectivity index (χ3v) is 8.59. The van der Waals surface area contributed by atoms with Crippen LogP contribution in [0.25, 0.3) is 0 Å². The molecule has 4 fully saturated rings. The van der Waals surface area contributed by atoms with E-state index in [1.807, 2.05) is 0 Å². The van der Waals surface area contributed by atoms with E-state index in [0.717, 1.165) is 0 Å². The number of para-hydroxylation sites is 2. The Kier molecular flexibility index (Phi) is 5.29. The molecule has 6 nitrogen and oxygen atoms in total. The summed E-state index contributed by atoms with van der Waals surface area (Å²) >= 11 is 0. The van der Waals surface area contributed by atoms with Crippen molar-refractivity contribution in [2.24, 2.45) is 11.8 Å². The molecule has 3 aromatic carbocycles. The number of hydrogen-bond acceptors (Lipinski definition) is 6. The van der Waals surface area contributed by atoms with Crippen LogP contribution in [-0.4, -0.2) is 47.9 Å². The van der Waals surface area contributed by atoms with E-state index in [2.05, 4.69) is 10.9 Å². The van der Waals surface area contributed by atoms with Crippen LogP contribution in [0.1, 0.15) is 5.56 Å². The van der Waals surface area contributed by atoms with Crippen molar-refractivity contribution in [3.05, 3.63) is 96.6 Å². The van der Waals surface area contributed by atoms with Crippen molar-refractivity contribution >= 4 is 11.4 Å². The fraction of sp³-hybridized carbons (Fsp3) is 0.357. The summed E-state index contributed by atoms with van der Waals surface area (Å²) in [4.78, 5) is 0. The molecular weight excluding hydrogens is 500 g/mol. The maximum Gasteiger partial charge on any atom is 0.255 e. The minimum Gasteiger partial charge on any atom is -0.362 e. The first-order valence-electron chi connectivity index (χ1n) is 12.6. The van der Waals surface area contributed by atoms with Gasteiger partial charge in [0.05, 0.1) is 23.5 Å². The zero-order chi connectivity index (χ0) is 26.2. The van der Waals surface area contributed by atoms with Gasteiger partial charge in [0.25, 0.3) is 12.9 Å². The zero-order valence-electron chi connectivity index (χ0n) is 20.0. The van der Waals surface area contributed by atoms with E-state index in [4.69, 9.17) is 4.74 Å². The van der Waals surface area contributed by atoms with Crippen LogP contribution in [0.4, 0.5) is 28.9 Å². The topological polar surface area (TPSA) is 60.0 Å². The van der Waals surface area contributed by atoms with Gasteiger partial charge in [0.15, 0.2) is 0 Å². The number of nitrogens with zero attached hydrogens (tertiary/aromatic N) is 2. The number of halogens is 4. The van der Waals surface area contributed by atoms with Crippen molar-refractivity contribution < 1.29 is 27.4 Å². The van der Waals surface area contributed by atoms with E-state index in [9.17, 15) is 22.7 Å². The van der Waals surface area contributed by atoms with Crippen LogP contribution in [0, 0.1) is 11.8 Å². The lowest BCUT2D eigenvalue weighted by Crippen LogP contribution is -2.65. The van der Waals surface area contributed by atoms with Crippen molar-refractivity contribution in [3.63, 3.8) is 0 Å². The minimum atomic E-state index is -2.84. The van der Waals surface area contributed by atoms with Crippen LogP contribution in [-0.2, 0) is 10.3 Å². The Labute approximate surface area is 216 Å². The van der Waals surface area contributed by atoms with E-state index < -0.39 is 60.2 Å². The molecule has 7 rings (SSSR count). The Morgan fingerprint density at radius 1 is 0.658 bits per heavy atom. The number of fused-ring (bicyclic) bond motifs is 8. The second kappa shape index (κ2) is 8.41. The van der Waals surface area contributed by atoms with Crippen LogP contribution in [0.3, 0.4) is 0 Å². The highest BCUT2D eigenvalue weighted by atomic mass is 19.3. The maximum atomic E-state index is 14.7. The van der Waals surface area contributed by atoms with Gasteiger partial charge in [0, 0.05) is 11.8 Å². The number of hydrogen-bond donors (Lipinski definition) is 3. The van der Waals surface area contributed by atoms with Gasteiger partial charge in [-0.3, -0.25) is 10.0 Å². The van der Waals surface area contributed by atoms with E-state index in [1.54, 1.807) is 101 Å². The molecule has 0 aliphatic carbocycles. The second-order valence-electron chi connectivity index (χ2n) is 10.3. The number of hydrazine groups is 2. The molecule has 3 N–H and O–H groups in total. The summed E-state index contributed by atoms with van der Waals surface area (Å²) in [5.74, 6) is -4.14. The Morgan fingerprint density at radius 3 is 1.45 bits per heavy atom. The number of alkyl halides is 4. The first-order chi connectivity index (χ1) is 18.4. The van der Waals surface area contributed by atoms with Gasteiger partial charge >= 0.3 is 0 Å². The van der Waals surface area contributed by atoms with E-state index in [-0.39, 0.29) is 0 Å². The average molecular weight is 527 g/mol. The van der Waals surface area contributed by atoms with Crippen LogP contribution < -0.4 is 20.9 Å². The summed E-state index contributed by atoms with van der Waals surface area (Å²) in [6.45, 7) is 0. The molecule has 6 unspecified atom stereocenters. The van der Waals surface area contributed by atoms with Crippen molar-refractivity contribution in [1.29, 1.82) is 0 Å². The van der Waals surface area contributed by atoms with Crippen molar-refractivity contribution in [2.45, 2.75) is 48.4 Å². The van der Waals surface area contributed by atoms with Gasteiger partial charge < -0.3 is 9.84 Å². The van der Waals surface area contributed by atoms with Crippen molar-refractivity contribution in [1.82, 2.24) is 10.9 Å². The molecule has 4 aliphatic heterocycles. The SMILES string of the molecule is OC12OC(c3ccccc3)(C3C(C(F)F)NN(c4ccccc4)C31)C1C(C(F)F)NN(c3ccccc3)C12. The summed E-state index contributed by atoms with van der Waals surface area (Å²) in [6.07, 6.45) is -5.68. The number of nitrogens with one attached hydrogen (secondary N) is 2. The van der Waals surface area contributed by atoms with Gasteiger partial charge in [-0.25, -0.2) is 28.4 Å². The first-order valence-corrected chi connectivity index (χ1v) is 12.6. The number of aliphatic hydroxyl groups is 1. The molecule has 0 spiro atoms. The molecular formula is C28H26F4N4O2. The van der Waals surface area contributed by atoms with Crippen LogP contribution in [0.2, 0.25) is 0 Å². The molecule has 10 heteroatoms. The van der Waals surface area contributed by atoms with Crippen molar-refractivity contribution in [3.8, 4) is 0 Å². The molecule has 4 saturated heterocycles. The highest BCUT2D eigenvalue weighted by Gasteiger charge is 2.85. The highest BCUT2D eigenvalue weighted by Crippen LogP contribution is 2.69. The van der Waals surface area contributed by atoms with Crippen LogP contribution in [0.5, 0.6) is 0 Å². The van der Waals surface area contributed by atoms with Gasteiger partial charge in [-0.2, -0.15) is 0 Å². The third kappa shape index (κ3) is 3.02. The molecule has 4 heterocycles. The van der Waals surface area contributed by atoms with Crippen molar-refractivity contribution in [2.75, 3.05) is 10.0 Å². The quantitative estimate of drug-likeness (QED) is 0.439. The predicted octanol–water partition coefficient (Wildman–Crippen LogP) is 3.90. The van der Waals surface area contributed by atoms with E-state index >= 15 is 0 Å². The molecule has 0 aromatic heterocycles. The molecule has 2 bridgehead atoms. The fourth-order valence-corrected chi connectivity index (χ4v) is 7.38. The lowest BCUT2D eigenvalue weighted by atomic mass is 9.60. The lowest BCUT2D eigenvalue weighted by molar-refractivity contribution is -0.203. The Bertz CT molecular complexity index is 1230. The first kappa shape index (κ1) is 23.9. The number of anilines is 2. The van der Waals surface area contributed by atoms with E-state index in [1.165, 1.54) is 0 Å². The molecule has 0 amide bonds. The Morgan fingerprint density at radius 2 is 1.05 bits per heavy atom. The standard InChI is InChI=1S/C28H26F4N4O2/c29-25(30)21-19-23(35(33-21)17-12-6-2-7-13-17)28(37)24-20(27(19,38-28)16-10-4-1-5-11-16)22(26(31)32)34-36(24)18-14-8-3-9-15-18/h1-15,19-26,33-34,37H. The minimum absolute atomic E-state index is 0.489. The summed E-state index contributed by atoms with van der Waals surface area (Å²) in [5, 5.41) is 15.6. The summed E-state index contributed by atoms with van der Waals surface area (Å²) in [7, 11) is 0. The summed E-state index contributed by atoms with van der Waals surface area (Å²) in [5.41, 5.74) is 5.87. The fourth-order valence-electron chi connectivity index (χ4n) is 7.38. The van der Waals surface area contributed by atoms with Gasteiger partial charge in [0.2, 0.25) is 5.79 Å². The monoisotopic (exact) mass is 526 g/mol. The number of ether oxygens (including phenoxy) is 1. The Balaban J connectivity index is 1.48. The third-order valence-electron chi connectivity index (χ3n) is 8.59. The molecule has 4 aliphatic rings. The zero-order valence-corrected chi connectivity index (χ0v) is 20.0. The smallest absolute Gasteiger partial charge is 0.255 e. The number of benzene rings is 3. The summed E-state index contributed by atoms with van der Waals surface area (Å²) < 4.78 is 65.5. The molecule has 38 heavy (non-hydrogen) atoms. The van der Waals surface area contributed by atoms with Crippen LogP contribution in [0.15, 0.2) is 91.0 Å². The number of rotatable bonds is 5.